The fraction of sp³-hybridized carbons (Fsp3) is 0.333. The molecule has 2 aromatic carbocycles. The number of nitrogens with one attached hydrogen (secondary N) is 1. The highest BCUT2D eigenvalue weighted by Crippen LogP contribution is 2.43. The Balaban J connectivity index is 1.49. The molecule has 2 aliphatic rings. The number of hydrogen-bond donors (Lipinski definition) is 1. The Morgan fingerprint density at radius 2 is 1.52 bits per heavy atom. The summed E-state index contributed by atoms with van der Waals surface area (Å²) in [6.07, 6.45) is -5.01. The van der Waals surface area contributed by atoms with Gasteiger partial charge >= 0.3 is 12.2 Å². The molecule has 10 heteroatoms. The Hall–Kier alpha value is -3.14. The first-order valence-electron chi connectivity index (χ1n) is 9.72. The quantitative estimate of drug-likeness (QED) is 0.592. The Morgan fingerprint density at radius 1 is 0.903 bits per heavy atom. The lowest BCUT2D eigenvalue weighted by molar-refractivity contribution is -0.198. The first-order valence-corrected chi connectivity index (χ1v) is 9.72. The van der Waals surface area contributed by atoms with Gasteiger partial charge in [0.2, 0.25) is 5.54 Å². The number of benzene rings is 2. The first-order chi connectivity index (χ1) is 14.7. The zero-order valence-corrected chi connectivity index (χ0v) is 16.4. The molecule has 2 aliphatic heterocycles. The van der Waals surface area contributed by atoms with Crippen LogP contribution in [0.3, 0.4) is 0 Å². The van der Waals surface area contributed by atoms with Crippen molar-refractivity contribution in [2.45, 2.75) is 11.7 Å². The fourth-order valence-electron chi connectivity index (χ4n) is 3.98. The predicted molar refractivity (Wildman–Crippen MR) is 105 cm³/mol. The molecule has 0 bridgehead atoms. The van der Waals surface area contributed by atoms with E-state index in [0.717, 1.165) is 0 Å². The SMILES string of the molecule is O=C1NC(c2ccccc2)(C(F)(F)F)C(=O)N1CN1CCN(c2ccccc2F)CC1. The van der Waals surface area contributed by atoms with E-state index < -0.39 is 23.7 Å². The molecule has 2 aromatic rings. The maximum atomic E-state index is 14.0. The number of piperazine rings is 1. The van der Waals surface area contributed by atoms with Crippen LogP contribution in [-0.2, 0) is 10.3 Å². The minimum Gasteiger partial charge on any atom is -0.367 e. The number of imide groups is 1. The van der Waals surface area contributed by atoms with E-state index in [1.54, 1.807) is 23.1 Å². The third-order valence-electron chi connectivity index (χ3n) is 5.64. The van der Waals surface area contributed by atoms with Crippen LogP contribution >= 0.6 is 0 Å². The van der Waals surface area contributed by atoms with Gasteiger partial charge in [0, 0.05) is 26.2 Å². The molecule has 2 heterocycles. The Morgan fingerprint density at radius 3 is 2.13 bits per heavy atom. The van der Waals surface area contributed by atoms with Crippen LogP contribution in [0, 0.1) is 5.82 Å². The highest BCUT2D eigenvalue weighted by Gasteiger charge is 2.68. The number of hydrogen-bond acceptors (Lipinski definition) is 4. The van der Waals surface area contributed by atoms with Crippen molar-refractivity contribution in [2.24, 2.45) is 0 Å². The standard InChI is InChI=1S/C21H20F4N4O2/c22-16-8-4-5-9-17(16)28-12-10-27(11-13-28)14-29-18(30)20(21(23,24)25,26-19(29)31)15-6-2-1-3-7-15/h1-9H,10-14H2,(H,26,31). The summed E-state index contributed by atoms with van der Waals surface area (Å²) in [5.74, 6) is -1.71. The summed E-state index contributed by atoms with van der Waals surface area (Å²) in [7, 11) is 0. The molecule has 3 amide bonds. The van der Waals surface area contributed by atoms with Gasteiger partial charge in [-0.1, -0.05) is 42.5 Å². The summed E-state index contributed by atoms with van der Waals surface area (Å²) >= 11 is 0. The van der Waals surface area contributed by atoms with Crippen LogP contribution < -0.4 is 10.2 Å². The Bertz CT molecular complexity index is 977. The van der Waals surface area contributed by atoms with Crippen molar-refractivity contribution < 1.29 is 27.2 Å². The maximum Gasteiger partial charge on any atom is 0.425 e. The molecule has 2 saturated heterocycles. The second-order valence-corrected chi connectivity index (χ2v) is 7.48. The molecule has 0 aliphatic carbocycles. The largest absolute Gasteiger partial charge is 0.425 e. The number of amides is 3. The number of para-hydroxylation sites is 1. The number of urea groups is 1. The molecule has 31 heavy (non-hydrogen) atoms. The van der Waals surface area contributed by atoms with E-state index in [-0.39, 0.29) is 18.0 Å². The number of nitrogens with zero attached hydrogens (tertiary/aromatic N) is 3. The van der Waals surface area contributed by atoms with Crippen molar-refractivity contribution >= 4 is 17.6 Å². The van der Waals surface area contributed by atoms with Crippen LogP contribution in [0.4, 0.5) is 28.0 Å². The zero-order valence-electron chi connectivity index (χ0n) is 16.4. The van der Waals surface area contributed by atoms with Gasteiger partial charge in [0.05, 0.1) is 12.4 Å². The predicted octanol–water partition coefficient (Wildman–Crippen LogP) is 2.91. The number of anilines is 1. The van der Waals surface area contributed by atoms with Crippen molar-refractivity contribution in [1.29, 1.82) is 0 Å². The van der Waals surface area contributed by atoms with E-state index in [9.17, 15) is 27.2 Å². The summed E-state index contributed by atoms with van der Waals surface area (Å²) in [6, 6.07) is 11.9. The van der Waals surface area contributed by atoms with Crippen molar-refractivity contribution in [2.75, 3.05) is 37.7 Å². The Labute approximate surface area is 176 Å². The minimum absolute atomic E-state index is 0.277. The molecule has 1 unspecified atom stereocenters. The first kappa shape index (κ1) is 21.1. The molecule has 164 valence electrons. The number of halogens is 4. The summed E-state index contributed by atoms with van der Waals surface area (Å²) in [5, 5.41) is 1.88. The van der Waals surface area contributed by atoms with Crippen LogP contribution in [0.15, 0.2) is 54.6 Å². The molecule has 0 aromatic heterocycles. The average molecular weight is 436 g/mol. The molecule has 0 saturated carbocycles. The van der Waals surface area contributed by atoms with Gasteiger partial charge in [-0.2, -0.15) is 13.2 Å². The average Bonchev–Trinajstić information content (AvgIpc) is 3.01. The van der Waals surface area contributed by atoms with Crippen LogP contribution in [0.5, 0.6) is 0 Å². The van der Waals surface area contributed by atoms with E-state index in [2.05, 4.69) is 0 Å². The van der Waals surface area contributed by atoms with Crippen molar-refractivity contribution in [1.82, 2.24) is 15.1 Å². The number of carbonyl (C=O) groups excluding carboxylic acids is 2. The molecule has 4 rings (SSSR count). The van der Waals surface area contributed by atoms with E-state index in [0.29, 0.717) is 36.8 Å². The monoisotopic (exact) mass is 436 g/mol. The van der Waals surface area contributed by atoms with E-state index >= 15 is 0 Å². The van der Waals surface area contributed by atoms with Crippen LogP contribution in [0.1, 0.15) is 5.56 Å². The summed E-state index contributed by atoms with van der Waals surface area (Å²) in [5.41, 5.74) is -3.01. The van der Waals surface area contributed by atoms with Crippen molar-refractivity contribution in [3.05, 3.63) is 66.0 Å². The maximum absolute atomic E-state index is 14.0. The van der Waals surface area contributed by atoms with E-state index in [4.69, 9.17) is 0 Å². The summed E-state index contributed by atoms with van der Waals surface area (Å²) in [4.78, 5) is 29.5. The van der Waals surface area contributed by atoms with E-state index in [1.807, 2.05) is 10.2 Å². The number of carbonyl (C=O) groups is 2. The van der Waals surface area contributed by atoms with Crippen LogP contribution in [0.2, 0.25) is 0 Å². The molecule has 1 N–H and O–H groups in total. The van der Waals surface area contributed by atoms with Gasteiger partial charge in [0.15, 0.2) is 0 Å². The molecule has 6 nitrogen and oxygen atoms in total. The van der Waals surface area contributed by atoms with Gasteiger partial charge in [-0.15, -0.1) is 0 Å². The van der Waals surface area contributed by atoms with Crippen molar-refractivity contribution in [3.63, 3.8) is 0 Å². The molecular weight excluding hydrogens is 416 g/mol. The molecule has 1 atom stereocenters. The highest BCUT2D eigenvalue weighted by atomic mass is 19.4. The summed E-state index contributed by atoms with van der Waals surface area (Å²) in [6.45, 7) is 1.26. The lowest BCUT2D eigenvalue weighted by Crippen LogP contribution is -2.56. The summed E-state index contributed by atoms with van der Waals surface area (Å²) < 4.78 is 56.1. The van der Waals surface area contributed by atoms with Gasteiger partial charge in [-0.25, -0.2) is 14.1 Å². The third kappa shape index (κ3) is 3.60. The topological polar surface area (TPSA) is 55.9 Å². The van der Waals surface area contributed by atoms with Gasteiger partial charge < -0.3 is 10.2 Å². The molecule has 0 radical (unpaired) electrons. The second-order valence-electron chi connectivity index (χ2n) is 7.48. The van der Waals surface area contributed by atoms with Gasteiger partial charge in [0.1, 0.15) is 5.82 Å². The molecule has 2 fully saturated rings. The van der Waals surface area contributed by atoms with Gasteiger partial charge in [-0.05, 0) is 17.7 Å². The van der Waals surface area contributed by atoms with Crippen LogP contribution in [0.25, 0.3) is 0 Å². The lowest BCUT2D eigenvalue weighted by atomic mass is 9.89. The second kappa shape index (κ2) is 7.84. The van der Waals surface area contributed by atoms with Crippen LogP contribution in [-0.4, -0.2) is 60.8 Å². The Kier molecular flexibility index (Phi) is 5.34. The normalized spacial score (nSPS) is 22.7. The smallest absolute Gasteiger partial charge is 0.367 e. The third-order valence-corrected chi connectivity index (χ3v) is 5.64. The van der Waals surface area contributed by atoms with E-state index in [1.165, 1.54) is 36.4 Å². The highest BCUT2D eigenvalue weighted by molar-refractivity contribution is 6.08. The number of rotatable bonds is 4. The van der Waals surface area contributed by atoms with Crippen molar-refractivity contribution in [3.8, 4) is 0 Å². The fourth-order valence-corrected chi connectivity index (χ4v) is 3.98. The number of alkyl halides is 3. The van der Waals surface area contributed by atoms with Gasteiger partial charge in [0.25, 0.3) is 5.91 Å². The lowest BCUT2D eigenvalue weighted by Gasteiger charge is -2.37. The minimum atomic E-state index is -5.01. The molecule has 0 spiro atoms. The molecular formula is C21H20F4N4O2. The zero-order chi connectivity index (χ0) is 22.2. The van der Waals surface area contributed by atoms with Gasteiger partial charge in [-0.3, -0.25) is 9.69 Å².